The van der Waals surface area contributed by atoms with Gasteiger partial charge in [-0.05, 0) is 23.6 Å². The third-order valence-corrected chi connectivity index (χ3v) is 3.64. The van der Waals surface area contributed by atoms with Gasteiger partial charge in [0, 0.05) is 10.8 Å². The summed E-state index contributed by atoms with van der Waals surface area (Å²) in [6.07, 6.45) is 0. The zero-order valence-corrected chi connectivity index (χ0v) is 10.5. The molecular weight excluding hydrogens is 260 g/mol. The second kappa shape index (κ2) is 4.43. The Morgan fingerprint density at radius 3 is 2.53 bits per heavy atom. The van der Waals surface area contributed by atoms with Gasteiger partial charge in [0.05, 0.1) is 10.4 Å². The van der Waals surface area contributed by atoms with Gasteiger partial charge in [0.25, 0.3) is 0 Å². The summed E-state index contributed by atoms with van der Waals surface area (Å²) >= 11 is -2.03. The molecule has 0 aliphatic rings. The fraction of sp³-hybridized carbons (Fsp3) is 0. The van der Waals surface area contributed by atoms with Crippen LogP contribution in [0.5, 0.6) is 0 Å². The van der Waals surface area contributed by atoms with Crippen molar-refractivity contribution in [3.05, 3.63) is 48.2 Å². The van der Waals surface area contributed by atoms with Crippen LogP contribution in [0.1, 0.15) is 5.69 Å². The van der Waals surface area contributed by atoms with Crippen LogP contribution in [0.25, 0.3) is 21.7 Å². The molecule has 0 saturated carbocycles. The smallest absolute Gasteiger partial charge is 0.186 e. The monoisotopic (exact) mass is 268 g/mol. The normalized spacial score (nSPS) is 12.4. The van der Waals surface area contributed by atoms with Gasteiger partial charge in [-0.1, -0.05) is 24.3 Å². The van der Waals surface area contributed by atoms with Crippen molar-refractivity contribution in [1.29, 1.82) is 5.26 Å². The lowest BCUT2D eigenvalue weighted by atomic mass is 10.0. The molecule has 1 N–H and O–H groups in total. The SMILES string of the molecule is N#Cc1nc2ccc(S(=O)O)cc2c2ccccc12. The van der Waals surface area contributed by atoms with E-state index in [9.17, 15) is 4.21 Å². The summed E-state index contributed by atoms with van der Waals surface area (Å²) in [6, 6.07) is 14.3. The van der Waals surface area contributed by atoms with Crippen LogP contribution in [0.15, 0.2) is 47.4 Å². The van der Waals surface area contributed by atoms with Gasteiger partial charge < -0.3 is 4.55 Å². The van der Waals surface area contributed by atoms with Crippen LogP contribution in [0.3, 0.4) is 0 Å². The van der Waals surface area contributed by atoms with Crippen LogP contribution in [-0.4, -0.2) is 13.7 Å². The van der Waals surface area contributed by atoms with E-state index in [4.69, 9.17) is 9.81 Å². The van der Waals surface area contributed by atoms with Crippen molar-refractivity contribution >= 4 is 32.8 Å². The number of aromatic nitrogens is 1. The van der Waals surface area contributed by atoms with Crippen molar-refractivity contribution < 1.29 is 8.76 Å². The zero-order valence-electron chi connectivity index (χ0n) is 9.70. The average Bonchev–Trinajstić information content (AvgIpc) is 2.45. The zero-order chi connectivity index (χ0) is 13.4. The van der Waals surface area contributed by atoms with E-state index in [1.54, 1.807) is 18.2 Å². The highest BCUT2D eigenvalue weighted by Crippen LogP contribution is 2.27. The Bertz CT molecular complexity index is 868. The molecule has 1 aromatic heterocycles. The molecule has 0 saturated heterocycles. The van der Waals surface area contributed by atoms with Gasteiger partial charge in [0.15, 0.2) is 11.1 Å². The van der Waals surface area contributed by atoms with Crippen molar-refractivity contribution in [2.45, 2.75) is 4.90 Å². The van der Waals surface area contributed by atoms with Crippen LogP contribution in [0.4, 0.5) is 0 Å². The van der Waals surface area contributed by atoms with Crippen LogP contribution in [0.2, 0.25) is 0 Å². The molecule has 0 aliphatic heterocycles. The van der Waals surface area contributed by atoms with Crippen LogP contribution < -0.4 is 0 Å². The Morgan fingerprint density at radius 1 is 1.11 bits per heavy atom. The summed E-state index contributed by atoms with van der Waals surface area (Å²) in [5.74, 6) is 0. The van der Waals surface area contributed by atoms with E-state index in [2.05, 4.69) is 11.1 Å². The third-order valence-electron chi connectivity index (χ3n) is 2.98. The van der Waals surface area contributed by atoms with Gasteiger partial charge in [-0.15, -0.1) is 0 Å². The lowest BCUT2D eigenvalue weighted by Crippen LogP contribution is -1.92. The largest absolute Gasteiger partial charge is 0.302 e. The van der Waals surface area contributed by atoms with Crippen LogP contribution in [-0.2, 0) is 11.1 Å². The number of hydrogen-bond donors (Lipinski definition) is 1. The van der Waals surface area contributed by atoms with Crippen molar-refractivity contribution in [2.24, 2.45) is 0 Å². The summed E-state index contributed by atoms with van der Waals surface area (Å²) in [5, 5.41) is 11.5. The van der Waals surface area contributed by atoms with Crippen LogP contribution in [0, 0.1) is 11.3 Å². The molecule has 0 aliphatic carbocycles. The molecule has 0 fully saturated rings. The van der Waals surface area contributed by atoms with Gasteiger partial charge in [0.2, 0.25) is 0 Å². The Labute approximate surface area is 111 Å². The minimum absolute atomic E-state index is 0.323. The van der Waals surface area contributed by atoms with E-state index < -0.39 is 11.1 Å². The number of nitrogens with zero attached hydrogens (tertiary/aromatic N) is 2. The second-order valence-electron chi connectivity index (χ2n) is 4.05. The quantitative estimate of drug-likeness (QED) is 0.544. The minimum Gasteiger partial charge on any atom is -0.302 e. The van der Waals surface area contributed by atoms with Crippen molar-refractivity contribution in [1.82, 2.24) is 4.98 Å². The molecule has 1 heterocycles. The number of nitriles is 1. The Balaban J connectivity index is 2.52. The third kappa shape index (κ3) is 1.87. The first-order valence-electron chi connectivity index (χ1n) is 5.54. The molecule has 0 bridgehead atoms. The Hall–Kier alpha value is -2.29. The summed E-state index contributed by atoms with van der Waals surface area (Å²) in [4.78, 5) is 4.60. The highest BCUT2D eigenvalue weighted by Gasteiger charge is 2.09. The molecule has 1 atom stereocenters. The molecule has 19 heavy (non-hydrogen) atoms. The molecule has 92 valence electrons. The predicted molar refractivity (Wildman–Crippen MR) is 73.0 cm³/mol. The molecule has 3 aromatic rings. The van der Waals surface area contributed by atoms with Gasteiger partial charge in [-0.2, -0.15) is 5.26 Å². The first kappa shape index (κ1) is 11.8. The number of pyridine rings is 1. The van der Waals surface area contributed by atoms with Crippen molar-refractivity contribution in [2.75, 3.05) is 0 Å². The fourth-order valence-corrected chi connectivity index (χ4v) is 2.53. The minimum atomic E-state index is -2.03. The standard InChI is InChI=1S/C14H8N2O2S/c15-8-14-11-4-2-1-3-10(11)12-7-9(19(17)18)5-6-13(12)16-14/h1-7H,(H,17,18). The van der Waals surface area contributed by atoms with E-state index in [1.165, 1.54) is 0 Å². The maximum atomic E-state index is 11.1. The molecule has 0 radical (unpaired) electrons. The van der Waals surface area contributed by atoms with Gasteiger partial charge in [0.1, 0.15) is 11.8 Å². The van der Waals surface area contributed by atoms with E-state index >= 15 is 0 Å². The second-order valence-corrected chi connectivity index (χ2v) is 5.02. The Morgan fingerprint density at radius 2 is 1.84 bits per heavy atom. The van der Waals surface area contributed by atoms with Crippen LogP contribution >= 0.6 is 0 Å². The molecule has 4 nitrogen and oxygen atoms in total. The molecule has 1 unspecified atom stereocenters. The summed E-state index contributed by atoms with van der Waals surface area (Å²) in [6.45, 7) is 0. The lowest BCUT2D eigenvalue weighted by molar-refractivity contribution is 0.564. The maximum absolute atomic E-state index is 11.1. The number of fused-ring (bicyclic) bond motifs is 3. The summed E-state index contributed by atoms with van der Waals surface area (Å²) < 4.78 is 20.3. The first-order chi connectivity index (χ1) is 9.20. The maximum Gasteiger partial charge on any atom is 0.186 e. The highest BCUT2D eigenvalue weighted by atomic mass is 32.2. The van der Waals surface area contributed by atoms with Crippen molar-refractivity contribution in [3.63, 3.8) is 0 Å². The predicted octanol–water partition coefficient (Wildman–Crippen LogP) is 2.84. The van der Waals surface area contributed by atoms with E-state index in [-0.39, 0.29) is 0 Å². The molecule has 0 amide bonds. The molecule has 3 rings (SSSR count). The first-order valence-corrected chi connectivity index (χ1v) is 6.65. The van der Waals surface area contributed by atoms with E-state index in [1.807, 2.05) is 24.3 Å². The number of rotatable bonds is 1. The number of benzene rings is 2. The van der Waals surface area contributed by atoms with E-state index in [0.29, 0.717) is 16.1 Å². The molecular formula is C14H8N2O2S. The highest BCUT2D eigenvalue weighted by molar-refractivity contribution is 7.79. The average molecular weight is 268 g/mol. The molecule has 5 heteroatoms. The number of hydrogen-bond acceptors (Lipinski definition) is 3. The van der Waals surface area contributed by atoms with Gasteiger partial charge in [-0.3, -0.25) is 0 Å². The van der Waals surface area contributed by atoms with Gasteiger partial charge >= 0.3 is 0 Å². The lowest BCUT2D eigenvalue weighted by Gasteiger charge is -2.06. The fourth-order valence-electron chi connectivity index (χ4n) is 2.13. The Kier molecular flexibility index (Phi) is 2.75. The van der Waals surface area contributed by atoms with Crippen molar-refractivity contribution in [3.8, 4) is 6.07 Å². The summed E-state index contributed by atoms with van der Waals surface area (Å²) in [7, 11) is 0. The topological polar surface area (TPSA) is 74.0 Å². The molecule has 2 aromatic carbocycles. The summed E-state index contributed by atoms with van der Waals surface area (Å²) in [5.41, 5.74) is 1.01. The molecule has 0 spiro atoms. The van der Waals surface area contributed by atoms with Gasteiger partial charge in [-0.25, -0.2) is 9.19 Å². The van der Waals surface area contributed by atoms with E-state index in [0.717, 1.165) is 16.2 Å².